The van der Waals surface area contributed by atoms with Gasteiger partial charge in [-0.05, 0) is 31.2 Å². The van der Waals surface area contributed by atoms with Gasteiger partial charge in [-0.15, -0.1) is 0 Å². The van der Waals surface area contributed by atoms with Crippen LogP contribution in [0, 0.1) is 0 Å². The summed E-state index contributed by atoms with van der Waals surface area (Å²) in [6.45, 7) is 2.94. The standard InChI is InChI=1S/C13H22N2O4S/c1-11(10-14)15(2)20(16,17)13-6-4-12(5-7-13)19-9-8-18-3/h4-7,11H,8-10,14H2,1-3H3. The Bertz CT molecular complexity index is 502. The second-order valence-electron chi connectivity index (χ2n) is 4.42. The van der Waals surface area contributed by atoms with Crippen LogP contribution in [-0.2, 0) is 14.8 Å². The molecule has 0 heterocycles. The summed E-state index contributed by atoms with van der Waals surface area (Å²) in [5, 5.41) is 0. The number of methoxy groups -OCH3 is 1. The second-order valence-corrected chi connectivity index (χ2v) is 6.42. The van der Waals surface area contributed by atoms with Gasteiger partial charge in [-0.1, -0.05) is 0 Å². The summed E-state index contributed by atoms with van der Waals surface area (Å²) >= 11 is 0. The molecule has 7 heteroatoms. The number of likely N-dealkylation sites (N-methyl/N-ethyl adjacent to an activating group) is 1. The van der Waals surface area contributed by atoms with Crippen molar-refractivity contribution in [1.29, 1.82) is 0 Å². The molecular weight excluding hydrogens is 280 g/mol. The Labute approximate surface area is 120 Å². The minimum atomic E-state index is -3.52. The van der Waals surface area contributed by atoms with E-state index in [1.54, 1.807) is 26.2 Å². The summed E-state index contributed by atoms with van der Waals surface area (Å²) in [5.74, 6) is 0.607. The molecule has 0 saturated heterocycles. The monoisotopic (exact) mass is 302 g/mol. The van der Waals surface area contributed by atoms with E-state index in [0.717, 1.165) is 0 Å². The smallest absolute Gasteiger partial charge is 0.243 e. The molecule has 1 atom stereocenters. The molecule has 0 aliphatic carbocycles. The third kappa shape index (κ3) is 4.17. The fourth-order valence-electron chi connectivity index (χ4n) is 1.50. The van der Waals surface area contributed by atoms with Crippen molar-refractivity contribution < 1.29 is 17.9 Å². The molecule has 1 aromatic rings. The third-order valence-corrected chi connectivity index (χ3v) is 5.00. The van der Waals surface area contributed by atoms with Crippen LogP contribution < -0.4 is 10.5 Å². The molecule has 2 N–H and O–H groups in total. The number of nitrogens with two attached hydrogens (primary N) is 1. The molecule has 1 rings (SSSR count). The lowest BCUT2D eigenvalue weighted by atomic mass is 10.3. The quantitative estimate of drug-likeness (QED) is 0.714. The minimum absolute atomic E-state index is 0.222. The Hall–Kier alpha value is -1.15. The first-order valence-corrected chi connectivity index (χ1v) is 7.77. The molecule has 0 bridgehead atoms. The maximum Gasteiger partial charge on any atom is 0.243 e. The van der Waals surface area contributed by atoms with Gasteiger partial charge in [0.2, 0.25) is 10.0 Å². The molecule has 0 spiro atoms. The van der Waals surface area contributed by atoms with E-state index in [1.165, 1.54) is 23.5 Å². The highest BCUT2D eigenvalue weighted by Gasteiger charge is 2.24. The molecule has 0 saturated carbocycles. The van der Waals surface area contributed by atoms with Gasteiger partial charge in [0, 0.05) is 26.7 Å². The lowest BCUT2D eigenvalue weighted by molar-refractivity contribution is 0.146. The van der Waals surface area contributed by atoms with Crippen LogP contribution in [0.5, 0.6) is 5.75 Å². The van der Waals surface area contributed by atoms with Gasteiger partial charge >= 0.3 is 0 Å². The average molecular weight is 302 g/mol. The summed E-state index contributed by atoms with van der Waals surface area (Å²) in [7, 11) is -0.405. The number of nitrogens with zero attached hydrogens (tertiary/aromatic N) is 1. The lowest BCUT2D eigenvalue weighted by Crippen LogP contribution is -2.39. The van der Waals surface area contributed by atoms with Crippen molar-refractivity contribution in [3.63, 3.8) is 0 Å². The zero-order valence-electron chi connectivity index (χ0n) is 12.1. The van der Waals surface area contributed by atoms with Crippen LogP contribution in [0.1, 0.15) is 6.92 Å². The van der Waals surface area contributed by atoms with Crippen LogP contribution in [0.15, 0.2) is 29.2 Å². The Morgan fingerprint density at radius 2 is 1.85 bits per heavy atom. The Balaban J connectivity index is 2.81. The van der Waals surface area contributed by atoms with Crippen molar-refractivity contribution in [1.82, 2.24) is 4.31 Å². The van der Waals surface area contributed by atoms with E-state index in [1.807, 2.05) is 0 Å². The van der Waals surface area contributed by atoms with E-state index in [4.69, 9.17) is 15.2 Å². The van der Waals surface area contributed by atoms with E-state index < -0.39 is 10.0 Å². The van der Waals surface area contributed by atoms with Crippen LogP contribution in [-0.4, -0.2) is 52.7 Å². The van der Waals surface area contributed by atoms with E-state index in [2.05, 4.69) is 0 Å². The summed E-state index contributed by atoms with van der Waals surface area (Å²) < 4.78 is 36.2. The molecule has 0 aliphatic heterocycles. The molecule has 0 radical (unpaired) electrons. The van der Waals surface area contributed by atoms with Crippen molar-refractivity contribution in [2.45, 2.75) is 17.9 Å². The zero-order chi connectivity index (χ0) is 15.2. The summed E-state index contributed by atoms with van der Waals surface area (Å²) in [5.41, 5.74) is 5.50. The lowest BCUT2D eigenvalue weighted by Gasteiger charge is -2.23. The van der Waals surface area contributed by atoms with Crippen LogP contribution in [0.3, 0.4) is 0 Å². The van der Waals surface area contributed by atoms with Crippen LogP contribution >= 0.6 is 0 Å². The highest BCUT2D eigenvalue weighted by Crippen LogP contribution is 2.20. The average Bonchev–Trinajstić information content (AvgIpc) is 2.46. The van der Waals surface area contributed by atoms with Crippen molar-refractivity contribution in [2.75, 3.05) is 33.9 Å². The SMILES string of the molecule is COCCOc1ccc(S(=O)(=O)N(C)C(C)CN)cc1. The van der Waals surface area contributed by atoms with Crippen molar-refractivity contribution in [3.05, 3.63) is 24.3 Å². The number of sulfonamides is 1. The van der Waals surface area contributed by atoms with Gasteiger partial charge < -0.3 is 15.2 Å². The van der Waals surface area contributed by atoms with E-state index >= 15 is 0 Å². The number of rotatable bonds is 8. The molecule has 6 nitrogen and oxygen atoms in total. The first kappa shape index (κ1) is 16.9. The first-order valence-electron chi connectivity index (χ1n) is 6.33. The highest BCUT2D eigenvalue weighted by molar-refractivity contribution is 7.89. The molecular formula is C13H22N2O4S. The van der Waals surface area contributed by atoms with Crippen LogP contribution in [0.2, 0.25) is 0 Å². The van der Waals surface area contributed by atoms with Crippen molar-refractivity contribution in [2.24, 2.45) is 5.73 Å². The molecule has 1 unspecified atom stereocenters. The van der Waals surface area contributed by atoms with Gasteiger partial charge in [-0.3, -0.25) is 0 Å². The van der Waals surface area contributed by atoms with Gasteiger partial charge in [0.15, 0.2) is 0 Å². The molecule has 0 aromatic heterocycles. The zero-order valence-corrected chi connectivity index (χ0v) is 12.9. The maximum atomic E-state index is 12.3. The summed E-state index contributed by atoms with van der Waals surface area (Å²) in [6.07, 6.45) is 0. The Kier molecular flexibility index (Phi) is 6.41. The van der Waals surface area contributed by atoms with Gasteiger partial charge in [-0.25, -0.2) is 8.42 Å². The largest absolute Gasteiger partial charge is 0.491 e. The molecule has 114 valence electrons. The van der Waals surface area contributed by atoms with E-state index in [-0.39, 0.29) is 17.5 Å². The molecule has 0 aliphatic rings. The number of hydrogen-bond donors (Lipinski definition) is 1. The van der Waals surface area contributed by atoms with Gasteiger partial charge in [0.25, 0.3) is 0 Å². The fraction of sp³-hybridized carbons (Fsp3) is 0.538. The number of hydrogen-bond acceptors (Lipinski definition) is 5. The molecule has 20 heavy (non-hydrogen) atoms. The molecule has 0 amide bonds. The molecule has 1 aromatic carbocycles. The predicted molar refractivity (Wildman–Crippen MR) is 77.3 cm³/mol. The Morgan fingerprint density at radius 3 is 2.35 bits per heavy atom. The van der Waals surface area contributed by atoms with Crippen molar-refractivity contribution >= 4 is 10.0 Å². The van der Waals surface area contributed by atoms with Gasteiger partial charge in [0.05, 0.1) is 11.5 Å². The van der Waals surface area contributed by atoms with Crippen LogP contribution in [0.25, 0.3) is 0 Å². The van der Waals surface area contributed by atoms with Gasteiger partial charge in [-0.2, -0.15) is 4.31 Å². The predicted octanol–water partition coefficient (Wildman–Crippen LogP) is 0.680. The van der Waals surface area contributed by atoms with Crippen LogP contribution in [0.4, 0.5) is 0 Å². The number of benzene rings is 1. The van der Waals surface area contributed by atoms with E-state index in [0.29, 0.717) is 19.0 Å². The van der Waals surface area contributed by atoms with E-state index in [9.17, 15) is 8.42 Å². The third-order valence-electron chi connectivity index (χ3n) is 3.02. The first-order chi connectivity index (χ1) is 9.43. The fourth-order valence-corrected chi connectivity index (χ4v) is 2.87. The Morgan fingerprint density at radius 1 is 1.25 bits per heavy atom. The van der Waals surface area contributed by atoms with Gasteiger partial charge in [0.1, 0.15) is 12.4 Å². The summed E-state index contributed by atoms with van der Waals surface area (Å²) in [4.78, 5) is 0.222. The highest BCUT2D eigenvalue weighted by atomic mass is 32.2. The van der Waals surface area contributed by atoms with Crippen molar-refractivity contribution in [3.8, 4) is 5.75 Å². The minimum Gasteiger partial charge on any atom is -0.491 e. The molecule has 0 fully saturated rings. The number of ether oxygens (including phenoxy) is 2. The normalized spacial score (nSPS) is 13.4. The topological polar surface area (TPSA) is 81.9 Å². The second kappa shape index (κ2) is 7.58. The summed E-state index contributed by atoms with van der Waals surface area (Å²) in [6, 6.07) is 6.05. The maximum absolute atomic E-state index is 12.3.